The minimum absolute atomic E-state index is 0.262. The molecular formula is C19H25F3N2O3. The zero-order valence-corrected chi connectivity index (χ0v) is 15.8. The first-order valence-electron chi connectivity index (χ1n) is 8.67. The standard InChI is InChI=1S/C19H25F3N2O3/c1-5-14-10-15(12-16(11-14)26-19(20,21)22)13-23-6-8-24(9-7-23)17(25)27-18(2,3)4/h5,10-12H,1,6-9,13H2,2-4H3. The lowest BCUT2D eigenvalue weighted by molar-refractivity contribution is -0.274. The van der Waals surface area contributed by atoms with Gasteiger partial charge in [-0.25, -0.2) is 4.79 Å². The lowest BCUT2D eigenvalue weighted by Gasteiger charge is -2.35. The zero-order valence-electron chi connectivity index (χ0n) is 15.8. The van der Waals surface area contributed by atoms with E-state index in [2.05, 4.69) is 16.2 Å². The highest BCUT2D eigenvalue weighted by atomic mass is 19.4. The van der Waals surface area contributed by atoms with Crippen molar-refractivity contribution < 1.29 is 27.4 Å². The van der Waals surface area contributed by atoms with Crippen molar-refractivity contribution >= 4 is 12.2 Å². The maximum Gasteiger partial charge on any atom is 0.573 e. The quantitative estimate of drug-likeness (QED) is 0.775. The van der Waals surface area contributed by atoms with Gasteiger partial charge in [-0.15, -0.1) is 13.2 Å². The van der Waals surface area contributed by atoms with E-state index in [1.807, 2.05) is 20.8 Å². The predicted octanol–water partition coefficient (Wildman–Crippen LogP) is 4.28. The van der Waals surface area contributed by atoms with Gasteiger partial charge in [0.25, 0.3) is 0 Å². The van der Waals surface area contributed by atoms with Gasteiger partial charge >= 0.3 is 12.5 Å². The molecule has 0 unspecified atom stereocenters. The second-order valence-corrected chi connectivity index (χ2v) is 7.41. The van der Waals surface area contributed by atoms with Gasteiger partial charge < -0.3 is 14.4 Å². The summed E-state index contributed by atoms with van der Waals surface area (Å²) in [6, 6.07) is 4.45. The Morgan fingerprint density at radius 3 is 2.30 bits per heavy atom. The van der Waals surface area contributed by atoms with E-state index in [0.717, 1.165) is 0 Å². The van der Waals surface area contributed by atoms with Crippen molar-refractivity contribution in [2.24, 2.45) is 0 Å². The summed E-state index contributed by atoms with van der Waals surface area (Å²) in [4.78, 5) is 15.8. The zero-order chi connectivity index (χ0) is 20.2. The Labute approximate surface area is 157 Å². The molecule has 27 heavy (non-hydrogen) atoms. The third-order valence-electron chi connectivity index (χ3n) is 3.89. The molecule has 0 radical (unpaired) electrons. The minimum Gasteiger partial charge on any atom is -0.444 e. The molecule has 1 aliphatic rings. The summed E-state index contributed by atoms with van der Waals surface area (Å²) >= 11 is 0. The van der Waals surface area contributed by atoms with Crippen molar-refractivity contribution in [3.63, 3.8) is 0 Å². The molecule has 0 saturated carbocycles. The number of hydrogen-bond acceptors (Lipinski definition) is 4. The highest BCUT2D eigenvalue weighted by Crippen LogP contribution is 2.26. The van der Waals surface area contributed by atoms with E-state index in [1.54, 1.807) is 11.0 Å². The van der Waals surface area contributed by atoms with Crippen LogP contribution in [0.4, 0.5) is 18.0 Å². The van der Waals surface area contributed by atoms with Crippen molar-refractivity contribution in [2.45, 2.75) is 39.3 Å². The van der Waals surface area contributed by atoms with Crippen LogP contribution in [-0.4, -0.2) is 54.0 Å². The molecule has 1 amide bonds. The van der Waals surface area contributed by atoms with E-state index >= 15 is 0 Å². The van der Waals surface area contributed by atoms with E-state index < -0.39 is 12.0 Å². The summed E-state index contributed by atoms with van der Waals surface area (Å²) in [5.74, 6) is -0.262. The van der Waals surface area contributed by atoms with Gasteiger partial charge in [0.1, 0.15) is 11.4 Å². The molecular weight excluding hydrogens is 361 g/mol. The van der Waals surface area contributed by atoms with Crippen LogP contribution in [0.5, 0.6) is 5.75 Å². The highest BCUT2D eigenvalue weighted by Gasteiger charge is 2.31. The summed E-state index contributed by atoms with van der Waals surface area (Å²) < 4.78 is 46.9. The number of nitrogens with zero attached hydrogens (tertiary/aromatic N) is 2. The van der Waals surface area contributed by atoms with E-state index in [1.165, 1.54) is 18.2 Å². The molecule has 5 nitrogen and oxygen atoms in total. The number of carbonyl (C=O) groups is 1. The van der Waals surface area contributed by atoms with Crippen molar-refractivity contribution in [3.8, 4) is 5.75 Å². The fourth-order valence-electron chi connectivity index (χ4n) is 2.76. The van der Waals surface area contributed by atoms with Gasteiger partial charge in [0.05, 0.1) is 0 Å². The molecule has 1 fully saturated rings. The lowest BCUT2D eigenvalue weighted by atomic mass is 10.1. The van der Waals surface area contributed by atoms with Crippen molar-refractivity contribution in [2.75, 3.05) is 26.2 Å². The topological polar surface area (TPSA) is 42.0 Å². The van der Waals surface area contributed by atoms with Gasteiger partial charge in [-0.3, -0.25) is 4.90 Å². The van der Waals surface area contributed by atoms with Crippen molar-refractivity contribution in [3.05, 3.63) is 35.9 Å². The smallest absolute Gasteiger partial charge is 0.444 e. The number of hydrogen-bond donors (Lipinski definition) is 0. The number of benzene rings is 1. The first kappa shape index (κ1) is 21.1. The molecule has 1 aromatic carbocycles. The van der Waals surface area contributed by atoms with Crippen LogP contribution in [0.25, 0.3) is 6.08 Å². The van der Waals surface area contributed by atoms with E-state index in [0.29, 0.717) is 43.9 Å². The predicted molar refractivity (Wildman–Crippen MR) is 96.3 cm³/mol. The molecule has 150 valence electrons. The molecule has 0 N–H and O–H groups in total. The first-order chi connectivity index (χ1) is 12.4. The largest absolute Gasteiger partial charge is 0.573 e. The lowest BCUT2D eigenvalue weighted by Crippen LogP contribution is -2.49. The summed E-state index contributed by atoms with van der Waals surface area (Å²) in [6.07, 6.45) is -3.61. The van der Waals surface area contributed by atoms with E-state index in [4.69, 9.17) is 4.74 Å². The third-order valence-corrected chi connectivity index (χ3v) is 3.89. The number of alkyl halides is 3. The van der Waals surface area contributed by atoms with Crippen molar-refractivity contribution in [1.82, 2.24) is 9.80 Å². The summed E-state index contributed by atoms with van der Waals surface area (Å²) in [5, 5.41) is 0. The monoisotopic (exact) mass is 386 g/mol. The Hall–Kier alpha value is -2.22. The molecule has 1 saturated heterocycles. The first-order valence-corrected chi connectivity index (χ1v) is 8.67. The third kappa shape index (κ3) is 7.13. The van der Waals surface area contributed by atoms with Crippen LogP contribution < -0.4 is 4.74 Å². The van der Waals surface area contributed by atoms with Crippen LogP contribution in [0.3, 0.4) is 0 Å². The van der Waals surface area contributed by atoms with Gasteiger partial charge in [0.15, 0.2) is 0 Å². The average molecular weight is 386 g/mol. The van der Waals surface area contributed by atoms with Gasteiger partial charge in [-0.2, -0.15) is 0 Å². The van der Waals surface area contributed by atoms with Crippen LogP contribution in [0, 0.1) is 0 Å². The fourth-order valence-corrected chi connectivity index (χ4v) is 2.76. The summed E-state index contributed by atoms with van der Waals surface area (Å²) in [6.45, 7) is 11.7. The molecule has 0 aromatic heterocycles. The number of ether oxygens (including phenoxy) is 2. The van der Waals surface area contributed by atoms with Crippen LogP contribution in [0.15, 0.2) is 24.8 Å². The molecule has 1 heterocycles. The van der Waals surface area contributed by atoms with Gasteiger partial charge in [0, 0.05) is 32.7 Å². The van der Waals surface area contributed by atoms with Gasteiger partial charge in [-0.1, -0.05) is 18.7 Å². The molecule has 0 aliphatic carbocycles. The van der Waals surface area contributed by atoms with Gasteiger partial charge in [-0.05, 0) is 44.0 Å². The number of halogens is 3. The molecule has 0 bridgehead atoms. The number of carbonyl (C=O) groups excluding carboxylic acids is 1. The normalized spacial score (nSPS) is 16.1. The minimum atomic E-state index is -4.74. The van der Waals surface area contributed by atoms with Crippen LogP contribution in [0.1, 0.15) is 31.9 Å². The second-order valence-electron chi connectivity index (χ2n) is 7.41. The van der Waals surface area contributed by atoms with Crippen LogP contribution in [-0.2, 0) is 11.3 Å². The molecule has 8 heteroatoms. The Morgan fingerprint density at radius 2 is 1.78 bits per heavy atom. The maximum atomic E-state index is 12.5. The maximum absolute atomic E-state index is 12.5. The van der Waals surface area contributed by atoms with Crippen LogP contribution >= 0.6 is 0 Å². The average Bonchev–Trinajstić information content (AvgIpc) is 2.52. The highest BCUT2D eigenvalue weighted by molar-refractivity contribution is 5.68. The number of piperazine rings is 1. The molecule has 1 aromatic rings. The Bertz CT molecular complexity index is 676. The number of amides is 1. The molecule has 2 rings (SSSR count). The van der Waals surface area contributed by atoms with E-state index in [-0.39, 0.29) is 11.8 Å². The SMILES string of the molecule is C=Cc1cc(CN2CCN(C(=O)OC(C)(C)C)CC2)cc(OC(F)(F)F)c1. The van der Waals surface area contributed by atoms with E-state index in [9.17, 15) is 18.0 Å². The molecule has 0 atom stereocenters. The van der Waals surface area contributed by atoms with Crippen molar-refractivity contribution in [1.29, 1.82) is 0 Å². The molecule has 1 aliphatic heterocycles. The summed E-state index contributed by atoms with van der Waals surface area (Å²) in [7, 11) is 0. The Morgan fingerprint density at radius 1 is 1.15 bits per heavy atom. The summed E-state index contributed by atoms with van der Waals surface area (Å²) in [5.41, 5.74) is 0.699. The fraction of sp³-hybridized carbons (Fsp3) is 0.526. The van der Waals surface area contributed by atoms with Gasteiger partial charge in [0.2, 0.25) is 0 Å². The Balaban J connectivity index is 1.97. The Kier molecular flexibility index (Phi) is 6.41. The second kappa shape index (κ2) is 8.21. The number of rotatable bonds is 4. The van der Waals surface area contributed by atoms with Crippen LogP contribution in [0.2, 0.25) is 0 Å². The molecule has 0 spiro atoms.